The monoisotopic (exact) mass is 317 g/mol. The summed E-state index contributed by atoms with van der Waals surface area (Å²) in [6.45, 7) is 0.362. The Bertz CT molecular complexity index is 640. The van der Waals surface area contributed by atoms with Crippen LogP contribution in [-0.2, 0) is 0 Å². The number of aliphatic hydroxyl groups is 1. The Morgan fingerprint density at radius 1 is 1.45 bits per heavy atom. The molecule has 1 fully saturated rings. The fraction of sp³-hybridized carbons (Fsp3) is 0.375. The van der Waals surface area contributed by atoms with E-state index in [-0.39, 0.29) is 6.03 Å². The van der Waals surface area contributed by atoms with Crippen LogP contribution in [-0.4, -0.2) is 40.1 Å². The number of nitrogens with one attached hydrogen (secondary N) is 1. The number of urea groups is 1. The quantitative estimate of drug-likeness (QED) is 0.891. The molecule has 2 amide bonds. The van der Waals surface area contributed by atoms with Crippen molar-refractivity contribution in [2.75, 3.05) is 18.9 Å². The molecule has 1 aliphatic carbocycles. The van der Waals surface area contributed by atoms with Crippen molar-refractivity contribution in [2.24, 2.45) is 5.92 Å². The molecule has 1 aliphatic rings. The molecule has 1 aromatic heterocycles. The van der Waals surface area contributed by atoms with Crippen molar-refractivity contribution in [3.05, 3.63) is 36.4 Å². The highest BCUT2D eigenvalue weighted by Crippen LogP contribution is 2.32. The van der Waals surface area contributed by atoms with Crippen LogP contribution in [0.4, 0.5) is 9.80 Å². The molecular weight excluding hydrogens is 298 g/mol. The molecule has 116 valence electrons. The van der Waals surface area contributed by atoms with Crippen molar-refractivity contribution in [2.45, 2.75) is 18.9 Å². The van der Waals surface area contributed by atoms with E-state index in [1.807, 2.05) is 36.4 Å². The van der Waals surface area contributed by atoms with Gasteiger partial charge in [-0.2, -0.15) is 4.37 Å². The van der Waals surface area contributed by atoms with E-state index in [1.165, 1.54) is 16.4 Å². The number of hydrogen-bond acceptors (Lipinski definition) is 4. The topological polar surface area (TPSA) is 65.5 Å². The molecule has 22 heavy (non-hydrogen) atoms. The summed E-state index contributed by atoms with van der Waals surface area (Å²) in [5, 5.41) is 13.4. The number of amides is 2. The average molecular weight is 317 g/mol. The van der Waals surface area contributed by atoms with Gasteiger partial charge in [0.1, 0.15) is 5.00 Å². The molecule has 0 saturated heterocycles. The molecule has 2 aromatic rings. The Morgan fingerprint density at radius 3 is 2.86 bits per heavy atom. The Hall–Kier alpha value is -1.92. The van der Waals surface area contributed by atoms with Gasteiger partial charge in [0.2, 0.25) is 0 Å². The highest BCUT2D eigenvalue weighted by Gasteiger charge is 2.31. The second-order valence-corrected chi connectivity index (χ2v) is 6.46. The molecule has 0 spiro atoms. The standard InChI is InChI=1S/C16H19N3O2S/c1-19(10-14(20)12-7-8-12)16(21)17-15-9-13(18-22-15)11-5-3-2-4-6-11/h2-6,9,12,14,20H,7-8,10H2,1H3,(H,17,21). The molecule has 3 rings (SSSR count). The third kappa shape index (κ3) is 3.64. The number of benzene rings is 1. The smallest absolute Gasteiger partial charge is 0.322 e. The van der Waals surface area contributed by atoms with Crippen LogP contribution in [0.15, 0.2) is 36.4 Å². The largest absolute Gasteiger partial charge is 0.391 e. The zero-order valence-corrected chi connectivity index (χ0v) is 13.2. The molecular formula is C16H19N3O2S. The summed E-state index contributed by atoms with van der Waals surface area (Å²) < 4.78 is 4.36. The lowest BCUT2D eigenvalue weighted by Crippen LogP contribution is -2.37. The van der Waals surface area contributed by atoms with Gasteiger partial charge in [-0.3, -0.25) is 5.32 Å². The van der Waals surface area contributed by atoms with Gasteiger partial charge in [0.05, 0.1) is 11.8 Å². The summed E-state index contributed by atoms with van der Waals surface area (Å²) in [6, 6.07) is 11.5. The molecule has 0 bridgehead atoms. The van der Waals surface area contributed by atoms with Gasteiger partial charge in [-0.25, -0.2) is 4.79 Å². The van der Waals surface area contributed by atoms with Gasteiger partial charge in [-0.15, -0.1) is 0 Å². The van der Waals surface area contributed by atoms with Crippen LogP contribution in [0, 0.1) is 5.92 Å². The van der Waals surface area contributed by atoms with Crippen LogP contribution in [0.5, 0.6) is 0 Å². The number of aromatic nitrogens is 1. The number of rotatable bonds is 5. The van der Waals surface area contributed by atoms with Crippen LogP contribution in [0.3, 0.4) is 0 Å². The SMILES string of the molecule is CN(CC(O)C1CC1)C(=O)Nc1cc(-c2ccccc2)ns1. The number of carbonyl (C=O) groups is 1. The first-order valence-electron chi connectivity index (χ1n) is 7.36. The minimum absolute atomic E-state index is 0.219. The fourth-order valence-electron chi connectivity index (χ4n) is 2.27. The Kier molecular flexibility index (Phi) is 4.40. The number of anilines is 1. The third-order valence-electron chi connectivity index (χ3n) is 3.78. The van der Waals surface area contributed by atoms with Gasteiger partial charge in [-0.1, -0.05) is 30.3 Å². The van der Waals surface area contributed by atoms with Crippen molar-refractivity contribution in [3.63, 3.8) is 0 Å². The number of nitrogens with zero attached hydrogens (tertiary/aromatic N) is 2. The molecule has 1 atom stereocenters. The number of aliphatic hydroxyl groups excluding tert-OH is 1. The second-order valence-electron chi connectivity index (χ2n) is 5.66. The number of likely N-dealkylation sites (N-methyl/N-ethyl adjacent to an activating group) is 1. The van der Waals surface area contributed by atoms with E-state index in [9.17, 15) is 9.90 Å². The van der Waals surface area contributed by atoms with Gasteiger partial charge >= 0.3 is 6.03 Å². The summed E-state index contributed by atoms with van der Waals surface area (Å²) in [5.41, 5.74) is 1.87. The zero-order chi connectivity index (χ0) is 15.5. The number of carbonyl (C=O) groups excluding carboxylic acids is 1. The first-order valence-corrected chi connectivity index (χ1v) is 8.13. The Balaban J connectivity index is 1.58. The zero-order valence-electron chi connectivity index (χ0n) is 12.4. The van der Waals surface area contributed by atoms with Crippen molar-refractivity contribution in [3.8, 4) is 11.3 Å². The minimum atomic E-state index is -0.419. The van der Waals surface area contributed by atoms with Crippen LogP contribution >= 0.6 is 11.5 Å². The Labute approximate surface area is 133 Å². The summed E-state index contributed by atoms with van der Waals surface area (Å²) in [6.07, 6.45) is 1.70. The molecule has 1 saturated carbocycles. The lowest BCUT2D eigenvalue weighted by Gasteiger charge is -2.20. The highest BCUT2D eigenvalue weighted by molar-refractivity contribution is 7.10. The molecule has 1 heterocycles. The normalized spacial score (nSPS) is 15.4. The highest BCUT2D eigenvalue weighted by atomic mass is 32.1. The van der Waals surface area contributed by atoms with Gasteiger partial charge in [0.25, 0.3) is 0 Å². The predicted octanol–water partition coefficient (Wildman–Crippen LogP) is 3.04. The maximum atomic E-state index is 12.1. The van der Waals surface area contributed by atoms with Crippen LogP contribution in [0.25, 0.3) is 11.3 Å². The lowest BCUT2D eigenvalue weighted by molar-refractivity contribution is 0.117. The van der Waals surface area contributed by atoms with E-state index < -0.39 is 6.10 Å². The fourth-order valence-corrected chi connectivity index (χ4v) is 2.93. The molecule has 1 aromatic carbocycles. The average Bonchev–Trinajstić information content (AvgIpc) is 3.28. The molecule has 0 radical (unpaired) electrons. The van der Waals surface area contributed by atoms with Gasteiger partial charge < -0.3 is 10.0 Å². The van der Waals surface area contributed by atoms with Crippen molar-refractivity contribution in [1.82, 2.24) is 9.27 Å². The van der Waals surface area contributed by atoms with Crippen molar-refractivity contribution < 1.29 is 9.90 Å². The second kappa shape index (κ2) is 6.46. The van der Waals surface area contributed by atoms with Crippen LogP contribution in [0.1, 0.15) is 12.8 Å². The molecule has 0 aliphatic heterocycles. The van der Waals surface area contributed by atoms with E-state index in [0.29, 0.717) is 17.5 Å². The molecule has 6 heteroatoms. The van der Waals surface area contributed by atoms with Crippen molar-refractivity contribution in [1.29, 1.82) is 0 Å². The maximum Gasteiger partial charge on any atom is 0.322 e. The summed E-state index contributed by atoms with van der Waals surface area (Å²) >= 11 is 1.26. The van der Waals surface area contributed by atoms with Crippen LogP contribution < -0.4 is 5.32 Å². The van der Waals surface area contributed by atoms with E-state index in [4.69, 9.17) is 0 Å². The summed E-state index contributed by atoms with van der Waals surface area (Å²) in [7, 11) is 1.69. The van der Waals surface area contributed by atoms with Gasteiger partial charge in [-0.05, 0) is 30.3 Å². The summed E-state index contributed by atoms with van der Waals surface area (Å²) in [4.78, 5) is 13.6. The molecule has 5 nitrogen and oxygen atoms in total. The van der Waals surface area contributed by atoms with Gasteiger partial charge in [0.15, 0.2) is 0 Å². The lowest BCUT2D eigenvalue weighted by atomic mass is 10.2. The van der Waals surface area contributed by atoms with Crippen LogP contribution in [0.2, 0.25) is 0 Å². The molecule has 1 unspecified atom stereocenters. The van der Waals surface area contributed by atoms with E-state index >= 15 is 0 Å². The maximum absolute atomic E-state index is 12.1. The predicted molar refractivity (Wildman–Crippen MR) is 87.9 cm³/mol. The summed E-state index contributed by atoms with van der Waals surface area (Å²) in [5.74, 6) is 0.364. The van der Waals surface area contributed by atoms with E-state index in [0.717, 1.165) is 24.1 Å². The van der Waals surface area contributed by atoms with E-state index in [2.05, 4.69) is 9.69 Å². The van der Waals surface area contributed by atoms with Gasteiger partial charge in [0, 0.05) is 25.2 Å². The minimum Gasteiger partial charge on any atom is -0.391 e. The Morgan fingerprint density at radius 2 is 2.18 bits per heavy atom. The number of hydrogen-bond donors (Lipinski definition) is 2. The molecule has 2 N–H and O–H groups in total. The first kappa shape index (κ1) is 15.0. The van der Waals surface area contributed by atoms with Crippen molar-refractivity contribution >= 4 is 22.6 Å². The third-order valence-corrected chi connectivity index (χ3v) is 4.49. The first-order chi connectivity index (χ1) is 10.6. The van der Waals surface area contributed by atoms with E-state index in [1.54, 1.807) is 7.05 Å².